The highest BCUT2D eigenvalue weighted by Gasteiger charge is 2.24. The highest BCUT2D eigenvalue weighted by Crippen LogP contribution is 2.34. The monoisotopic (exact) mass is 276 g/mol. The molecule has 0 saturated heterocycles. The van der Waals surface area contributed by atoms with E-state index in [1.54, 1.807) is 11.3 Å². The Kier molecular flexibility index (Phi) is 4.07. The van der Waals surface area contributed by atoms with E-state index in [1.807, 2.05) is 0 Å². The Bertz CT molecular complexity index is 296. The number of aromatic nitrogens is 2. The Morgan fingerprint density at radius 3 is 2.50 bits per heavy atom. The third kappa shape index (κ3) is 2.54. The summed E-state index contributed by atoms with van der Waals surface area (Å²) in [7, 11) is 0. The molecule has 4 heteroatoms. The molecule has 1 rings (SSSR count). The zero-order valence-electron chi connectivity index (χ0n) is 9.17. The summed E-state index contributed by atoms with van der Waals surface area (Å²) in [6.45, 7) is 8.76. The maximum Gasteiger partial charge on any atom is 0.131 e. The lowest BCUT2D eigenvalue weighted by molar-refractivity contribution is 0.498. The van der Waals surface area contributed by atoms with Gasteiger partial charge in [0.05, 0.1) is 4.83 Å². The molecular weight excluding hydrogens is 260 g/mol. The zero-order chi connectivity index (χ0) is 10.8. The van der Waals surface area contributed by atoms with E-state index in [1.165, 1.54) is 0 Å². The second-order valence-electron chi connectivity index (χ2n) is 4.06. The lowest BCUT2D eigenvalue weighted by atomic mass is 9.91. The third-order valence-corrected chi connectivity index (χ3v) is 5.32. The van der Waals surface area contributed by atoms with E-state index in [4.69, 9.17) is 0 Å². The van der Waals surface area contributed by atoms with Crippen LogP contribution in [0.4, 0.5) is 0 Å². The maximum absolute atomic E-state index is 4.27. The van der Waals surface area contributed by atoms with E-state index in [0.717, 1.165) is 22.9 Å². The van der Waals surface area contributed by atoms with Crippen LogP contribution in [0.15, 0.2) is 0 Å². The first-order valence-electron chi connectivity index (χ1n) is 4.99. The molecule has 1 unspecified atom stereocenters. The van der Waals surface area contributed by atoms with Gasteiger partial charge in [0.1, 0.15) is 10.0 Å². The number of alkyl halides is 1. The lowest BCUT2D eigenvalue weighted by Gasteiger charge is -2.17. The molecule has 80 valence electrons. The molecule has 0 bridgehead atoms. The molecule has 2 nitrogen and oxygen atoms in total. The molecule has 0 aliphatic carbocycles. The summed E-state index contributed by atoms with van der Waals surface area (Å²) in [6.07, 6.45) is 2.15. The van der Waals surface area contributed by atoms with Crippen LogP contribution >= 0.6 is 27.3 Å². The smallest absolute Gasteiger partial charge is 0.131 e. The van der Waals surface area contributed by atoms with Crippen LogP contribution < -0.4 is 0 Å². The van der Waals surface area contributed by atoms with Gasteiger partial charge in [0.2, 0.25) is 0 Å². The highest BCUT2D eigenvalue weighted by molar-refractivity contribution is 9.09. The van der Waals surface area contributed by atoms with Crippen molar-refractivity contribution in [2.24, 2.45) is 0 Å². The minimum atomic E-state index is 0.163. The standard InChI is InChI=1S/C10H17BrN2S/c1-5-7(11)8-12-13-9(14-8)10(3,4)6-2/h7H,5-6H2,1-4H3. The topological polar surface area (TPSA) is 25.8 Å². The molecular formula is C10H17BrN2S. The average Bonchev–Trinajstić information content (AvgIpc) is 2.66. The van der Waals surface area contributed by atoms with Crippen molar-refractivity contribution in [1.82, 2.24) is 10.2 Å². The van der Waals surface area contributed by atoms with Crippen molar-refractivity contribution >= 4 is 27.3 Å². The van der Waals surface area contributed by atoms with Crippen molar-refractivity contribution in [2.45, 2.75) is 50.8 Å². The van der Waals surface area contributed by atoms with Gasteiger partial charge in [-0.1, -0.05) is 55.0 Å². The zero-order valence-corrected chi connectivity index (χ0v) is 11.6. The number of halogens is 1. The molecule has 0 saturated carbocycles. The molecule has 0 spiro atoms. The van der Waals surface area contributed by atoms with Gasteiger partial charge in [-0.05, 0) is 12.8 Å². The van der Waals surface area contributed by atoms with Crippen molar-refractivity contribution in [1.29, 1.82) is 0 Å². The normalized spacial score (nSPS) is 14.4. The molecule has 0 amide bonds. The van der Waals surface area contributed by atoms with E-state index < -0.39 is 0 Å². The van der Waals surface area contributed by atoms with Crippen LogP contribution in [0.3, 0.4) is 0 Å². The minimum absolute atomic E-state index is 0.163. The molecule has 1 aromatic heterocycles. The molecule has 14 heavy (non-hydrogen) atoms. The molecule has 1 aromatic rings. The van der Waals surface area contributed by atoms with E-state index >= 15 is 0 Å². The fourth-order valence-electron chi connectivity index (χ4n) is 0.960. The lowest BCUT2D eigenvalue weighted by Crippen LogP contribution is -2.14. The van der Waals surface area contributed by atoms with Crippen molar-refractivity contribution in [3.05, 3.63) is 10.0 Å². The molecule has 0 radical (unpaired) electrons. The van der Waals surface area contributed by atoms with Gasteiger partial charge in [0.15, 0.2) is 0 Å². The van der Waals surface area contributed by atoms with E-state index in [9.17, 15) is 0 Å². The van der Waals surface area contributed by atoms with Crippen LogP contribution in [-0.2, 0) is 5.41 Å². The molecule has 1 atom stereocenters. The summed E-state index contributed by atoms with van der Waals surface area (Å²) >= 11 is 5.32. The van der Waals surface area contributed by atoms with Crippen LogP contribution in [0, 0.1) is 0 Å². The van der Waals surface area contributed by atoms with Gasteiger partial charge in [-0.15, -0.1) is 10.2 Å². The first-order chi connectivity index (χ1) is 6.51. The minimum Gasteiger partial charge on any atom is -0.143 e. The van der Waals surface area contributed by atoms with Crippen molar-refractivity contribution in [2.75, 3.05) is 0 Å². The van der Waals surface area contributed by atoms with E-state index in [0.29, 0.717) is 4.83 Å². The van der Waals surface area contributed by atoms with Crippen molar-refractivity contribution in [3.8, 4) is 0 Å². The number of hydrogen-bond donors (Lipinski definition) is 0. The number of nitrogens with zero attached hydrogens (tertiary/aromatic N) is 2. The van der Waals surface area contributed by atoms with Crippen LogP contribution in [0.1, 0.15) is 55.4 Å². The van der Waals surface area contributed by atoms with Gasteiger partial charge >= 0.3 is 0 Å². The molecule has 1 heterocycles. The summed E-state index contributed by atoms with van der Waals surface area (Å²) in [5.41, 5.74) is 0.163. The second-order valence-corrected chi connectivity index (χ2v) is 6.17. The first-order valence-corrected chi connectivity index (χ1v) is 6.72. The summed E-state index contributed by atoms with van der Waals surface area (Å²) in [5.74, 6) is 0. The fourth-order valence-corrected chi connectivity index (χ4v) is 2.41. The summed E-state index contributed by atoms with van der Waals surface area (Å²) < 4.78 is 0. The van der Waals surface area contributed by atoms with Crippen LogP contribution in [0.5, 0.6) is 0 Å². The number of rotatable bonds is 4. The van der Waals surface area contributed by atoms with Crippen LogP contribution in [-0.4, -0.2) is 10.2 Å². The molecule has 0 fully saturated rings. The summed E-state index contributed by atoms with van der Waals surface area (Å²) in [5, 5.41) is 10.7. The van der Waals surface area contributed by atoms with Crippen LogP contribution in [0.2, 0.25) is 0 Å². The Morgan fingerprint density at radius 2 is 2.00 bits per heavy atom. The molecule has 0 aliphatic heterocycles. The van der Waals surface area contributed by atoms with Crippen LogP contribution in [0.25, 0.3) is 0 Å². The summed E-state index contributed by atoms with van der Waals surface area (Å²) in [4.78, 5) is 0.362. The quantitative estimate of drug-likeness (QED) is 0.775. The first kappa shape index (κ1) is 12.1. The largest absolute Gasteiger partial charge is 0.143 e. The molecule has 0 aromatic carbocycles. The SMILES string of the molecule is CCC(Br)c1nnc(C(C)(C)CC)s1. The summed E-state index contributed by atoms with van der Waals surface area (Å²) in [6, 6.07) is 0. The maximum atomic E-state index is 4.27. The third-order valence-electron chi connectivity index (χ3n) is 2.53. The Balaban J connectivity index is 2.88. The highest BCUT2D eigenvalue weighted by atomic mass is 79.9. The van der Waals surface area contributed by atoms with Gasteiger partial charge < -0.3 is 0 Å². The Morgan fingerprint density at radius 1 is 1.36 bits per heavy atom. The Hall–Kier alpha value is 0.0400. The van der Waals surface area contributed by atoms with E-state index in [2.05, 4.69) is 53.8 Å². The predicted molar refractivity (Wildman–Crippen MR) is 65.2 cm³/mol. The second kappa shape index (κ2) is 4.71. The van der Waals surface area contributed by atoms with Gasteiger partial charge in [-0.3, -0.25) is 0 Å². The predicted octanol–water partition coefficient (Wildman–Crippen LogP) is 4.07. The van der Waals surface area contributed by atoms with Gasteiger partial charge in [0.25, 0.3) is 0 Å². The van der Waals surface area contributed by atoms with Crippen molar-refractivity contribution in [3.63, 3.8) is 0 Å². The fraction of sp³-hybridized carbons (Fsp3) is 0.800. The van der Waals surface area contributed by atoms with Gasteiger partial charge in [0, 0.05) is 5.41 Å². The number of hydrogen-bond acceptors (Lipinski definition) is 3. The average molecular weight is 277 g/mol. The van der Waals surface area contributed by atoms with Crippen molar-refractivity contribution < 1.29 is 0 Å². The molecule has 0 N–H and O–H groups in total. The van der Waals surface area contributed by atoms with E-state index in [-0.39, 0.29) is 5.41 Å². The van der Waals surface area contributed by atoms with Gasteiger partial charge in [-0.25, -0.2) is 0 Å². The van der Waals surface area contributed by atoms with Gasteiger partial charge in [-0.2, -0.15) is 0 Å². The Labute approximate surface area is 98.3 Å². The molecule has 0 aliphatic rings.